The molecule has 0 bridgehead atoms. The summed E-state index contributed by atoms with van der Waals surface area (Å²) in [5, 5.41) is 0.737. The second kappa shape index (κ2) is 7.42. The molecule has 0 atom stereocenters. The van der Waals surface area contributed by atoms with E-state index in [0.29, 0.717) is 6.67 Å². The number of hydrogen-bond acceptors (Lipinski definition) is 3. The number of para-hydroxylation sites is 1. The van der Waals surface area contributed by atoms with Crippen molar-refractivity contribution in [2.75, 3.05) is 26.0 Å². The molecule has 0 N–H and O–H groups in total. The molecule has 0 saturated heterocycles. The zero-order valence-electron chi connectivity index (χ0n) is 14.7. The molecule has 130 valence electrons. The van der Waals surface area contributed by atoms with E-state index in [1.54, 1.807) is 6.07 Å². The standard InChI is InChI=1S/C20H22BrN3O/c1-22(2)16-9-7-15(8-10-16)13-23(3)14-24-12-11-19(25)17-5-4-6-18(21)20(17)24/h4-12H,13-14H2,1-3H3. The molecule has 25 heavy (non-hydrogen) atoms. The first-order valence-electron chi connectivity index (χ1n) is 8.18. The van der Waals surface area contributed by atoms with Gasteiger partial charge in [0.15, 0.2) is 5.43 Å². The lowest BCUT2D eigenvalue weighted by molar-refractivity contribution is 0.264. The van der Waals surface area contributed by atoms with Crippen LogP contribution in [0, 0.1) is 0 Å². The number of aromatic nitrogens is 1. The molecule has 0 amide bonds. The van der Waals surface area contributed by atoms with Crippen molar-refractivity contribution < 1.29 is 0 Å². The van der Waals surface area contributed by atoms with Gasteiger partial charge in [0.25, 0.3) is 0 Å². The van der Waals surface area contributed by atoms with Crippen molar-refractivity contribution in [2.45, 2.75) is 13.2 Å². The summed E-state index contributed by atoms with van der Waals surface area (Å²) in [5.41, 5.74) is 3.44. The van der Waals surface area contributed by atoms with Gasteiger partial charge in [0, 0.05) is 48.4 Å². The van der Waals surface area contributed by atoms with Gasteiger partial charge in [0.2, 0.25) is 0 Å². The van der Waals surface area contributed by atoms with Gasteiger partial charge in [0.1, 0.15) is 0 Å². The van der Waals surface area contributed by atoms with Crippen molar-refractivity contribution >= 4 is 32.5 Å². The molecule has 0 aliphatic heterocycles. The fraction of sp³-hybridized carbons (Fsp3) is 0.250. The first kappa shape index (κ1) is 17.7. The first-order valence-corrected chi connectivity index (χ1v) is 8.97. The summed E-state index contributed by atoms with van der Waals surface area (Å²) in [6, 6.07) is 16.0. The van der Waals surface area contributed by atoms with Crippen molar-refractivity contribution in [1.29, 1.82) is 0 Å². The number of hydrogen-bond donors (Lipinski definition) is 0. The molecule has 0 aliphatic rings. The average Bonchev–Trinajstić information content (AvgIpc) is 2.58. The van der Waals surface area contributed by atoms with Crippen molar-refractivity contribution in [2.24, 2.45) is 0 Å². The Hall–Kier alpha value is -2.11. The predicted octanol–water partition coefficient (Wildman–Crippen LogP) is 3.92. The Balaban J connectivity index is 1.81. The van der Waals surface area contributed by atoms with Gasteiger partial charge < -0.3 is 9.47 Å². The van der Waals surface area contributed by atoms with E-state index in [4.69, 9.17) is 0 Å². The Morgan fingerprint density at radius 2 is 1.72 bits per heavy atom. The molecule has 1 heterocycles. The van der Waals surface area contributed by atoms with Gasteiger partial charge in [0.05, 0.1) is 12.2 Å². The molecule has 3 aromatic rings. The average molecular weight is 400 g/mol. The number of halogens is 1. The Kier molecular flexibility index (Phi) is 5.25. The van der Waals surface area contributed by atoms with Crippen LogP contribution < -0.4 is 10.3 Å². The zero-order chi connectivity index (χ0) is 18.0. The summed E-state index contributed by atoms with van der Waals surface area (Å²) in [4.78, 5) is 16.4. The maximum atomic E-state index is 12.1. The van der Waals surface area contributed by atoms with E-state index in [1.165, 1.54) is 11.3 Å². The first-order chi connectivity index (χ1) is 12.0. The SMILES string of the molecule is CN(Cc1ccc(N(C)C)cc1)Cn1ccc(=O)c2cccc(Br)c21. The number of pyridine rings is 1. The van der Waals surface area contributed by atoms with E-state index >= 15 is 0 Å². The van der Waals surface area contributed by atoms with Crippen LogP contribution >= 0.6 is 15.9 Å². The largest absolute Gasteiger partial charge is 0.378 e. The lowest BCUT2D eigenvalue weighted by atomic mass is 10.2. The van der Waals surface area contributed by atoms with E-state index in [-0.39, 0.29) is 5.43 Å². The van der Waals surface area contributed by atoms with Gasteiger partial charge in [-0.05, 0) is 52.8 Å². The Morgan fingerprint density at radius 1 is 1.00 bits per heavy atom. The van der Waals surface area contributed by atoms with Gasteiger partial charge in [-0.25, -0.2) is 0 Å². The minimum absolute atomic E-state index is 0.0504. The molecule has 2 aromatic carbocycles. The number of rotatable bonds is 5. The van der Waals surface area contributed by atoms with E-state index in [0.717, 1.165) is 21.9 Å². The molecule has 0 radical (unpaired) electrons. The highest BCUT2D eigenvalue weighted by molar-refractivity contribution is 9.10. The third-order valence-electron chi connectivity index (χ3n) is 4.24. The second-order valence-electron chi connectivity index (χ2n) is 6.50. The zero-order valence-corrected chi connectivity index (χ0v) is 16.3. The van der Waals surface area contributed by atoms with Gasteiger partial charge in [-0.2, -0.15) is 0 Å². The molecule has 1 aromatic heterocycles. The summed E-state index contributed by atoms with van der Waals surface area (Å²) >= 11 is 3.58. The van der Waals surface area contributed by atoms with Crippen LogP contribution in [-0.2, 0) is 13.2 Å². The highest BCUT2D eigenvalue weighted by Crippen LogP contribution is 2.22. The summed E-state index contributed by atoms with van der Waals surface area (Å²) in [5.74, 6) is 0. The molecular formula is C20H22BrN3O. The van der Waals surface area contributed by atoms with Crippen LogP contribution in [0.4, 0.5) is 5.69 Å². The fourth-order valence-corrected chi connectivity index (χ4v) is 3.56. The van der Waals surface area contributed by atoms with Crippen molar-refractivity contribution in [3.05, 3.63) is 75.0 Å². The van der Waals surface area contributed by atoms with Gasteiger partial charge in [-0.15, -0.1) is 0 Å². The molecule has 5 heteroatoms. The lowest BCUT2D eigenvalue weighted by Crippen LogP contribution is -2.23. The van der Waals surface area contributed by atoms with Gasteiger partial charge in [-0.3, -0.25) is 9.69 Å². The van der Waals surface area contributed by atoms with E-state index in [1.807, 2.05) is 38.5 Å². The number of benzene rings is 2. The maximum Gasteiger partial charge on any atom is 0.189 e. The highest BCUT2D eigenvalue weighted by atomic mass is 79.9. The van der Waals surface area contributed by atoms with Crippen LogP contribution in [0.3, 0.4) is 0 Å². The molecular weight excluding hydrogens is 378 g/mol. The molecule has 0 unspecified atom stereocenters. The third kappa shape index (κ3) is 3.94. The van der Waals surface area contributed by atoms with Crippen LogP contribution in [-0.4, -0.2) is 30.6 Å². The Labute approximate surface area is 156 Å². The van der Waals surface area contributed by atoms with Gasteiger partial charge in [-0.1, -0.05) is 18.2 Å². The van der Waals surface area contributed by atoms with E-state index in [2.05, 4.69) is 61.6 Å². The summed E-state index contributed by atoms with van der Waals surface area (Å²) in [7, 11) is 6.17. The van der Waals surface area contributed by atoms with Crippen LogP contribution in [0.15, 0.2) is 64.0 Å². The second-order valence-corrected chi connectivity index (χ2v) is 7.36. The fourth-order valence-electron chi connectivity index (χ4n) is 2.97. The molecule has 0 fully saturated rings. The minimum atomic E-state index is 0.0504. The summed E-state index contributed by atoms with van der Waals surface area (Å²) < 4.78 is 3.04. The maximum absolute atomic E-state index is 12.1. The predicted molar refractivity (Wildman–Crippen MR) is 108 cm³/mol. The monoisotopic (exact) mass is 399 g/mol. The number of fused-ring (bicyclic) bond motifs is 1. The smallest absolute Gasteiger partial charge is 0.189 e. The highest BCUT2D eigenvalue weighted by Gasteiger charge is 2.08. The van der Waals surface area contributed by atoms with Crippen molar-refractivity contribution in [3.63, 3.8) is 0 Å². The molecule has 0 spiro atoms. The van der Waals surface area contributed by atoms with Crippen molar-refractivity contribution in [3.8, 4) is 0 Å². The Bertz CT molecular complexity index is 932. The van der Waals surface area contributed by atoms with E-state index < -0.39 is 0 Å². The Morgan fingerprint density at radius 3 is 2.40 bits per heavy atom. The number of nitrogens with zero attached hydrogens (tertiary/aromatic N) is 3. The third-order valence-corrected chi connectivity index (χ3v) is 4.88. The van der Waals surface area contributed by atoms with Crippen LogP contribution in [0.5, 0.6) is 0 Å². The topological polar surface area (TPSA) is 28.5 Å². The van der Waals surface area contributed by atoms with Crippen LogP contribution in [0.1, 0.15) is 5.56 Å². The number of anilines is 1. The van der Waals surface area contributed by atoms with Crippen LogP contribution in [0.2, 0.25) is 0 Å². The lowest BCUT2D eigenvalue weighted by Gasteiger charge is -2.21. The summed E-state index contributed by atoms with van der Waals surface area (Å²) in [6.07, 6.45) is 1.86. The van der Waals surface area contributed by atoms with Crippen molar-refractivity contribution in [1.82, 2.24) is 9.47 Å². The molecule has 0 aliphatic carbocycles. The normalized spacial score (nSPS) is 11.2. The quantitative estimate of drug-likeness (QED) is 0.650. The molecule has 3 rings (SSSR count). The minimum Gasteiger partial charge on any atom is -0.378 e. The van der Waals surface area contributed by atoms with Crippen LogP contribution in [0.25, 0.3) is 10.9 Å². The molecule has 4 nitrogen and oxygen atoms in total. The van der Waals surface area contributed by atoms with Gasteiger partial charge >= 0.3 is 0 Å². The molecule has 0 saturated carbocycles. The van der Waals surface area contributed by atoms with E-state index in [9.17, 15) is 4.79 Å². The summed E-state index contributed by atoms with van der Waals surface area (Å²) in [6.45, 7) is 1.54.